The van der Waals surface area contributed by atoms with E-state index in [1.807, 2.05) is 0 Å². The van der Waals surface area contributed by atoms with Gasteiger partial charge in [0.1, 0.15) is 11.8 Å². The quantitative estimate of drug-likeness (QED) is 0.579. The molecule has 1 N–H and O–H groups in total. The van der Waals surface area contributed by atoms with Gasteiger partial charge in [-0.2, -0.15) is 0 Å². The van der Waals surface area contributed by atoms with Crippen molar-refractivity contribution in [2.45, 2.75) is 19.9 Å². The predicted molar refractivity (Wildman–Crippen MR) is 60.6 cm³/mol. The molecule has 1 aromatic carbocycles. The van der Waals surface area contributed by atoms with Crippen molar-refractivity contribution in [3.05, 3.63) is 17.7 Å². The maximum atomic E-state index is 11.1. The Hall–Kier alpha value is -0.885. The average molecular weight is 274 g/mol. The molecule has 0 aliphatic carbocycles. The Labute approximate surface area is 133 Å². The van der Waals surface area contributed by atoms with Crippen molar-refractivity contribution in [1.82, 2.24) is 0 Å². The van der Waals surface area contributed by atoms with Gasteiger partial charge in [-0.1, -0.05) is 0 Å². The molecular formula is C11H12BNaO6. The summed E-state index contributed by atoms with van der Waals surface area (Å²) in [7, 11) is -1.23. The molecule has 0 amide bonds. The maximum absolute atomic E-state index is 11.1. The molecule has 1 aliphatic heterocycles. The molecule has 0 fully saturated rings. The summed E-state index contributed by atoms with van der Waals surface area (Å²) in [6.07, 6.45) is 0. The molecule has 8 heteroatoms. The fraction of sp³-hybridized carbons (Fsp3) is 0.364. The smallest absolute Gasteiger partial charge is 0.545 e. The SMILES string of the molecule is CCOc1ccc2c(c1C(=O)[O-])OB(O)C(C)O2.[Na+]. The second-order valence-corrected chi connectivity index (χ2v) is 3.82. The Morgan fingerprint density at radius 1 is 1.58 bits per heavy atom. The van der Waals surface area contributed by atoms with Crippen LogP contribution in [0.5, 0.6) is 17.2 Å². The molecule has 0 saturated carbocycles. The largest absolute Gasteiger partial charge is 1.00 e. The van der Waals surface area contributed by atoms with Crippen LogP contribution in [-0.2, 0) is 0 Å². The van der Waals surface area contributed by atoms with E-state index in [0.717, 1.165) is 0 Å². The molecule has 0 aromatic heterocycles. The van der Waals surface area contributed by atoms with Crippen LogP contribution in [0.15, 0.2) is 12.1 Å². The van der Waals surface area contributed by atoms with E-state index in [1.165, 1.54) is 12.1 Å². The number of carbonyl (C=O) groups excluding carboxylic acids is 1. The van der Waals surface area contributed by atoms with Gasteiger partial charge in [-0.25, -0.2) is 0 Å². The molecule has 1 atom stereocenters. The summed E-state index contributed by atoms with van der Waals surface area (Å²) in [4.78, 5) is 11.1. The van der Waals surface area contributed by atoms with Gasteiger partial charge in [-0.3, -0.25) is 0 Å². The topological polar surface area (TPSA) is 88.1 Å². The van der Waals surface area contributed by atoms with Crippen LogP contribution in [0.4, 0.5) is 0 Å². The third kappa shape index (κ3) is 3.17. The zero-order valence-corrected chi connectivity index (χ0v) is 13.0. The zero-order chi connectivity index (χ0) is 13.3. The van der Waals surface area contributed by atoms with Crippen molar-refractivity contribution >= 4 is 13.1 Å². The van der Waals surface area contributed by atoms with Gasteiger partial charge in [0.05, 0.1) is 18.1 Å². The molecule has 0 bridgehead atoms. The number of ether oxygens (including phenoxy) is 2. The van der Waals surface area contributed by atoms with E-state index in [-0.39, 0.29) is 52.4 Å². The van der Waals surface area contributed by atoms with Gasteiger partial charge in [-0.15, -0.1) is 0 Å². The molecule has 0 spiro atoms. The molecule has 1 aliphatic rings. The maximum Gasteiger partial charge on any atom is 1.00 e. The number of hydrogen-bond donors (Lipinski definition) is 1. The van der Waals surface area contributed by atoms with Crippen LogP contribution >= 0.6 is 0 Å². The van der Waals surface area contributed by atoms with Crippen LogP contribution in [0.1, 0.15) is 24.2 Å². The van der Waals surface area contributed by atoms with E-state index in [0.29, 0.717) is 6.61 Å². The van der Waals surface area contributed by atoms with E-state index < -0.39 is 19.1 Å². The first-order valence-corrected chi connectivity index (χ1v) is 5.57. The van der Waals surface area contributed by atoms with Crippen molar-refractivity contribution in [1.29, 1.82) is 0 Å². The Balaban J connectivity index is 0.00000180. The van der Waals surface area contributed by atoms with Crippen LogP contribution in [-0.4, -0.2) is 30.7 Å². The molecule has 0 saturated heterocycles. The molecule has 19 heavy (non-hydrogen) atoms. The van der Waals surface area contributed by atoms with E-state index >= 15 is 0 Å². The van der Waals surface area contributed by atoms with Crippen LogP contribution in [0.25, 0.3) is 0 Å². The fourth-order valence-corrected chi connectivity index (χ4v) is 1.70. The summed E-state index contributed by atoms with van der Waals surface area (Å²) in [5.74, 6) is -1.13. The Bertz CT molecular complexity index is 480. The van der Waals surface area contributed by atoms with Gasteiger partial charge in [0.2, 0.25) is 0 Å². The third-order valence-electron chi connectivity index (χ3n) is 2.54. The van der Waals surface area contributed by atoms with Gasteiger partial charge in [-0.05, 0) is 26.0 Å². The Morgan fingerprint density at radius 2 is 2.26 bits per heavy atom. The number of carbonyl (C=O) groups is 1. The summed E-state index contributed by atoms with van der Waals surface area (Å²) in [5, 5.41) is 20.7. The monoisotopic (exact) mass is 274 g/mol. The number of benzene rings is 1. The second kappa shape index (κ2) is 6.52. The van der Waals surface area contributed by atoms with E-state index in [9.17, 15) is 14.9 Å². The van der Waals surface area contributed by atoms with Gasteiger partial charge < -0.3 is 29.1 Å². The van der Waals surface area contributed by atoms with E-state index in [2.05, 4.69) is 0 Å². The number of rotatable bonds is 3. The first-order chi connectivity index (χ1) is 8.54. The summed E-state index contributed by atoms with van der Waals surface area (Å²) in [6.45, 7) is 3.65. The van der Waals surface area contributed by atoms with Crippen molar-refractivity contribution < 1.29 is 58.6 Å². The molecule has 2 rings (SSSR count). The van der Waals surface area contributed by atoms with Crippen molar-refractivity contribution in [3.8, 4) is 17.2 Å². The zero-order valence-electron chi connectivity index (χ0n) is 11.0. The van der Waals surface area contributed by atoms with Crippen molar-refractivity contribution in [2.24, 2.45) is 0 Å². The summed E-state index contributed by atoms with van der Waals surface area (Å²) in [5.41, 5.74) is -0.250. The fourth-order valence-electron chi connectivity index (χ4n) is 1.70. The summed E-state index contributed by atoms with van der Waals surface area (Å²) >= 11 is 0. The van der Waals surface area contributed by atoms with Gasteiger partial charge >= 0.3 is 36.7 Å². The predicted octanol–water partition coefficient (Wildman–Crippen LogP) is -3.37. The normalized spacial score (nSPS) is 16.6. The van der Waals surface area contributed by atoms with E-state index in [4.69, 9.17) is 14.1 Å². The molecule has 6 nitrogen and oxygen atoms in total. The molecular weight excluding hydrogens is 262 g/mol. The van der Waals surface area contributed by atoms with Crippen molar-refractivity contribution in [2.75, 3.05) is 6.61 Å². The van der Waals surface area contributed by atoms with Gasteiger partial charge in [0.25, 0.3) is 0 Å². The van der Waals surface area contributed by atoms with Crippen molar-refractivity contribution in [3.63, 3.8) is 0 Å². The van der Waals surface area contributed by atoms with Crippen LogP contribution < -0.4 is 48.8 Å². The molecule has 0 radical (unpaired) electrons. The Morgan fingerprint density at radius 3 is 2.84 bits per heavy atom. The molecule has 96 valence electrons. The first kappa shape index (κ1) is 16.2. The standard InChI is InChI=1S/C11H13BO6.Na/c1-3-16-7-4-5-8-10(9(7)11(13)14)18-12(15)6(2)17-8;/h4-6,15H,3H2,1-2H3,(H,13,14);/q;+1/p-1. The second-order valence-electron chi connectivity index (χ2n) is 3.82. The summed E-state index contributed by atoms with van der Waals surface area (Å²) in [6, 6.07) is 2.43. The van der Waals surface area contributed by atoms with E-state index in [1.54, 1.807) is 13.8 Å². The minimum absolute atomic E-state index is 0. The number of carboxylic acid groups (broad SMARTS) is 1. The minimum Gasteiger partial charge on any atom is -0.545 e. The molecule has 1 aromatic rings. The van der Waals surface area contributed by atoms with Crippen LogP contribution in [0, 0.1) is 0 Å². The average Bonchev–Trinajstić information content (AvgIpc) is 2.31. The minimum atomic E-state index is -1.44. The van der Waals surface area contributed by atoms with Crippen LogP contribution in [0.2, 0.25) is 0 Å². The van der Waals surface area contributed by atoms with Crippen LogP contribution in [0.3, 0.4) is 0 Å². The number of carboxylic acids is 1. The number of aromatic carboxylic acids is 1. The summed E-state index contributed by atoms with van der Waals surface area (Å²) < 4.78 is 15.7. The molecule has 1 unspecified atom stereocenters. The Kier molecular flexibility index (Phi) is 5.55. The first-order valence-electron chi connectivity index (χ1n) is 5.57. The number of hydrogen-bond acceptors (Lipinski definition) is 6. The molecule has 1 heterocycles. The third-order valence-corrected chi connectivity index (χ3v) is 2.54. The number of fused-ring (bicyclic) bond motifs is 1. The van der Waals surface area contributed by atoms with Gasteiger partial charge in [0.15, 0.2) is 11.5 Å². The van der Waals surface area contributed by atoms with Gasteiger partial charge in [0, 0.05) is 0 Å².